The molecule has 1 unspecified atom stereocenters. The maximum Gasteiger partial charge on any atom is 0.519 e. The van der Waals surface area contributed by atoms with Gasteiger partial charge in [-0.3, -0.25) is 14.3 Å². The number of methoxy groups -OCH3 is 1. The van der Waals surface area contributed by atoms with E-state index in [-0.39, 0.29) is 52.0 Å². The molecule has 0 aliphatic heterocycles. The molecule has 0 N–H and O–H groups in total. The first-order chi connectivity index (χ1) is 22.6. The molecule has 0 aromatic heterocycles. The molecule has 7 atom stereocenters. The van der Waals surface area contributed by atoms with Crippen LogP contribution in [0, 0.1) is 33.3 Å². The van der Waals surface area contributed by atoms with Crippen LogP contribution in [0.4, 0.5) is 32.4 Å². The summed E-state index contributed by atoms with van der Waals surface area (Å²) in [6.45, 7) is 2.31. The number of ether oxygens (including phenoxy) is 3. The molecule has 0 heterocycles. The van der Waals surface area contributed by atoms with Gasteiger partial charge in [-0.25, -0.2) is 4.79 Å². The second kappa shape index (κ2) is 14.4. The number of nitrogens with zero attached hydrogens (tertiary/aromatic N) is 1. The summed E-state index contributed by atoms with van der Waals surface area (Å²) < 4.78 is 93.3. The number of nitro benzene ring substituents is 1. The molecule has 0 amide bonds. The van der Waals surface area contributed by atoms with Gasteiger partial charge < -0.3 is 14.2 Å². The number of benzene rings is 2. The number of non-ortho nitro benzene ring substituents is 1. The highest BCUT2D eigenvalue weighted by molar-refractivity contribution is 7.84. The lowest BCUT2D eigenvalue weighted by molar-refractivity contribution is -0.384. The van der Waals surface area contributed by atoms with Crippen molar-refractivity contribution in [3.05, 3.63) is 63.7 Å². The van der Waals surface area contributed by atoms with Gasteiger partial charge in [-0.05, 0) is 116 Å². The molecular formula is C34H40F5NO7S. The number of carbonyl (C=O) groups excluding carboxylic acids is 1. The third-order valence-corrected chi connectivity index (χ3v) is 12.2. The first-order valence-electron chi connectivity index (χ1n) is 16.2. The number of hydrogen-bond acceptors (Lipinski definition) is 7. The van der Waals surface area contributed by atoms with E-state index in [0.717, 1.165) is 31.2 Å². The van der Waals surface area contributed by atoms with Crippen molar-refractivity contribution in [3.8, 4) is 11.5 Å². The zero-order chi connectivity index (χ0) is 34.9. The lowest BCUT2D eigenvalue weighted by Crippen LogP contribution is -2.47. The summed E-state index contributed by atoms with van der Waals surface area (Å²) in [5, 5.41) is 10.9. The highest BCUT2D eigenvalue weighted by Crippen LogP contribution is 2.63. The van der Waals surface area contributed by atoms with Gasteiger partial charge in [0.05, 0.1) is 11.0 Å². The summed E-state index contributed by atoms with van der Waals surface area (Å²) in [7, 11) is 0.238. The van der Waals surface area contributed by atoms with E-state index >= 15 is 0 Å². The molecule has 2 fully saturated rings. The third-order valence-electron chi connectivity index (χ3n) is 10.7. The van der Waals surface area contributed by atoms with E-state index in [1.165, 1.54) is 29.8 Å². The van der Waals surface area contributed by atoms with Crippen molar-refractivity contribution >= 4 is 22.6 Å². The summed E-state index contributed by atoms with van der Waals surface area (Å²) in [6, 6.07) is 10.6. The first-order valence-corrected chi connectivity index (χ1v) is 17.7. The largest absolute Gasteiger partial charge is 0.519 e. The van der Waals surface area contributed by atoms with E-state index in [4.69, 9.17) is 14.2 Å². The molecule has 5 rings (SSSR count). The topological polar surface area (TPSA) is 105 Å². The van der Waals surface area contributed by atoms with Gasteiger partial charge in [0, 0.05) is 48.0 Å². The molecule has 264 valence electrons. The number of carbonyl (C=O) groups is 1. The molecule has 48 heavy (non-hydrogen) atoms. The number of alkyl halides is 5. The molecule has 2 aromatic carbocycles. The van der Waals surface area contributed by atoms with Crippen LogP contribution in [-0.2, 0) is 22.0 Å². The summed E-state index contributed by atoms with van der Waals surface area (Å²) in [6.07, 6.45) is -2.43. The summed E-state index contributed by atoms with van der Waals surface area (Å²) in [5.74, 6) is -3.22. The van der Waals surface area contributed by atoms with Gasteiger partial charge in [-0.2, -0.15) is 22.0 Å². The average Bonchev–Trinajstić information content (AvgIpc) is 3.36. The van der Waals surface area contributed by atoms with Gasteiger partial charge in [0.2, 0.25) is 0 Å². The Bertz CT molecular complexity index is 1500. The molecule has 8 nitrogen and oxygen atoms in total. The van der Waals surface area contributed by atoms with Crippen molar-refractivity contribution in [3.63, 3.8) is 0 Å². The Morgan fingerprint density at radius 2 is 1.67 bits per heavy atom. The third kappa shape index (κ3) is 7.69. The molecule has 0 spiro atoms. The molecule has 3 aliphatic carbocycles. The predicted molar refractivity (Wildman–Crippen MR) is 168 cm³/mol. The number of hydrogen-bond donors (Lipinski definition) is 0. The van der Waals surface area contributed by atoms with Crippen LogP contribution >= 0.6 is 0 Å². The Kier molecular flexibility index (Phi) is 10.8. The van der Waals surface area contributed by atoms with Gasteiger partial charge in [-0.1, -0.05) is 13.0 Å². The molecular weight excluding hydrogens is 661 g/mol. The maximum absolute atomic E-state index is 13.3. The lowest BCUT2D eigenvalue weighted by Gasteiger charge is -2.53. The van der Waals surface area contributed by atoms with E-state index in [1.807, 2.05) is 12.1 Å². The van der Waals surface area contributed by atoms with Crippen LogP contribution in [0.15, 0.2) is 42.5 Å². The Morgan fingerprint density at radius 3 is 2.33 bits per heavy atom. The molecule has 0 bridgehead atoms. The smallest absolute Gasteiger partial charge is 0.395 e. The minimum atomic E-state index is -5.61. The van der Waals surface area contributed by atoms with Crippen molar-refractivity contribution in [1.29, 1.82) is 0 Å². The maximum atomic E-state index is 13.3. The molecule has 0 radical (unpaired) electrons. The van der Waals surface area contributed by atoms with Crippen molar-refractivity contribution in [1.82, 2.24) is 0 Å². The number of halogens is 5. The zero-order valence-corrected chi connectivity index (χ0v) is 27.6. The van der Waals surface area contributed by atoms with E-state index < -0.39 is 46.8 Å². The number of nitro groups is 1. The second-order valence-corrected chi connectivity index (χ2v) is 15.2. The number of rotatable bonds is 12. The highest BCUT2D eigenvalue weighted by Gasteiger charge is 2.58. The Labute approximate surface area is 278 Å². The molecule has 3 aliphatic rings. The Hall–Kier alpha value is -3.13. The minimum absolute atomic E-state index is 0.0167. The van der Waals surface area contributed by atoms with Gasteiger partial charge in [0.25, 0.3) is 5.69 Å². The lowest BCUT2D eigenvalue weighted by atomic mass is 9.52. The summed E-state index contributed by atoms with van der Waals surface area (Å²) >= 11 is 0. The Balaban J connectivity index is 1.27. The van der Waals surface area contributed by atoms with E-state index in [0.29, 0.717) is 31.1 Å². The molecule has 2 aromatic rings. The minimum Gasteiger partial charge on any atom is -0.395 e. The van der Waals surface area contributed by atoms with Crippen molar-refractivity contribution < 1.29 is 50.1 Å². The summed E-state index contributed by atoms with van der Waals surface area (Å²) in [4.78, 5) is 22.9. The fraction of sp³-hybridized carbons (Fsp3) is 0.618. The van der Waals surface area contributed by atoms with Crippen molar-refractivity contribution in [2.75, 3.05) is 18.6 Å². The fourth-order valence-corrected chi connectivity index (χ4v) is 9.66. The van der Waals surface area contributed by atoms with E-state index in [1.54, 1.807) is 13.2 Å². The summed E-state index contributed by atoms with van der Waals surface area (Å²) in [5.41, 5.74) is 2.10. The first kappa shape index (κ1) is 36.2. The van der Waals surface area contributed by atoms with E-state index in [2.05, 4.69) is 6.92 Å². The van der Waals surface area contributed by atoms with Crippen LogP contribution in [0.1, 0.15) is 75.3 Å². The van der Waals surface area contributed by atoms with Gasteiger partial charge in [0.1, 0.15) is 11.5 Å². The second-order valence-electron chi connectivity index (χ2n) is 13.5. The highest BCUT2D eigenvalue weighted by atomic mass is 32.2. The molecule has 0 saturated heterocycles. The van der Waals surface area contributed by atoms with Gasteiger partial charge >= 0.3 is 18.3 Å². The standard InChI is InChI=1S/C34H40F5NO7S/c1-32-16-14-27-26-11-10-25(47-31(41)46-24-8-6-23(7-9-24)40(42)43)20-22(26)19-21(30(27)28(32)12-13-29(32)45-2)5-3-17-48(44)18-4-15-33(35,36)34(37,38)39/h6-11,20-21,27-30H,3-5,12-19H2,1-2H3/t21-,27-,28+,29+,30-,32+,48?/m1/s1. The van der Waals surface area contributed by atoms with Crippen LogP contribution in [0.3, 0.4) is 0 Å². The average molecular weight is 702 g/mol. The van der Waals surface area contributed by atoms with Gasteiger partial charge in [0.15, 0.2) is 0 Å². The Morgan fingerprint density at radius 1 is 1.00 bits per heavy atom. The zero-order valence-electron chi connectivity index (χ0n) is 26.8. The molecule has 14 heteroatoms. The number of fused-ring (bicyclic) bond motifs is 5. The molecule has 2 saturated carbocycles. The van der Waals surface area contributed by atoms with E-state index in [9.17, 15) is 41.1 Å². The normalized spacial score (nSPS) is 27.4. The van der Waals surface area contributed by atoms with Crippen LogP contribution < -0.4 is 9.47 Å². The predicted octanol–water partition coefficient (Wildman–Crippen LogP) is 8.78. The van der Waals surface area contributed by atoms with Crippen LogP contribution in [0.2, 0.25) is 0 Å². The van der Waals surface area contributed by atoms with Crippen LogP contribution in [0.25, 0.3) is 0 Å². The van der Waals surface area contributed by atoms with Crippen molar-refractivity contribution in [2.45, 2.75) is 88.8 Å². The van der Waals surface area contributed by atoms with Gasteiger partial charge in [-0.15, -0.1) is 0 Å². The van der Waals surface area contributed by atoms with Crippen molar-refractivity contribution in [2.24, 2.45) is 23.2 Å². The quantitative estimate of drug-likeness (QED) is 0.0716. The fourth-order valence-electron chi connectivity index (χ4n) is 8.51. The van der Waals surface area contributed by atoms with Crippen LogP contribution in [0.5, 0.6) is 11.5 Å². The monoisotopic (exact) mass is 701 g/mol. The van der Waals surface area contributed by atoms with Crippen LogP contribution in [-0.4, -0.2) is 52.1 Å². The SMILES string of the molecule is CO[C@H]1CC[C@H]2[C@@H]3[C@H](CCCS(=O)CCCC(F)(F)C(F)(F)F)Cc4cc(OC(=O)Oc5ccc([N+](=O)[O-])cc5)ccc4[C@H]3CC[C@]12C.